The Bertz CT molecular complexity index is 401. The van der Waals surface area contributed by atoms with E-state index >= 15 is 0 Å². The van der Waals surface area contributed by atoms with Crippen LogP contribution in [0.25, 0.3) is 0 Å². The Hall–Kier alpha value is -0.810. The molecule has 4 nitrogen and oxygen atoms in total. The summed E-state index contributed by atoms with van der Waals surface area (Å²) in [5.41, 5.74) is 2.35. The van der Waals surface area contributed by atoms with Gasteiger partial charge in [-0.2, -0.15) is 0 Å². The number of benzene rings is 1. The van der Waals surface area contributed by atoms with Crippen molar-refractivity contribution in [3.05, 3.63) is 28.8 Å². The van der Waals surface area contributed by atoms with Gasteiger partial charge in [-0.15, -0.1) is 0 Å². The number of hydrogen-bond donors (Lipinski definition) is 1. The molecule has 1 aromatic rings. The van der Waals surface area contributed by atoms with Crippen LogP contribution < -0.4 is 10.2 Å². The lowest BCUT2D eigenvalue weighted by molar-refractivity contribution is 0.183. The van der Waals surface area contributed by atoms with Crippen LogP contribution in [0.1, 0.15) is 12.5 Å². The zero-order valence-electron chi connectivity index (χ0n) is 12.8. The molecule has 1 aromatic carbocycles. The lowest BCUT2D eigenvalue weighted by Gasteiger charge is -2.29. The first-order valence-corrected chi connectivity index (χ1v) is 7.17. The Morgan fingerprint density at radius 2 is 2.05 bits per heavy atom. The van der Waals surface area contributed by atoms with Crippen molar-refractivity contribution in [1.82, 2.24) is 5.32 Å². The molecular formula is C15H25ClN2O2. The van der Waals surface area contributed by atoms with E-state index in [1.54, 1.807) is 14.2 Å². The fourth-order valence-electron chi connectivity index (χ4n) is 2.03. The zero-order valence-corrected chi connectivity index (χ0v) is 13.5. The second kappa shape index (κ2) is 9.19. The highest BCUT2D eigenvalue weighted by Crippen LogP contribution is 2.25. The Morgan fingerprint density at radius 1 is 1.30 bits per heavy atom. The van der Waals surface area contributed by atoms with E-state index in [1.165, 1.54) is 11.3 Å². The lowest BCUT2D eigenvalue weighted by atomic mass is 10.1. The fraction of sp³-hybridized carbons (Fsp3) is 0.600. The fourth-order valence-corrected chi connectivity index (χ4v) is 2.22. The summed E-state index contributed by atoms with van der Waals surface area (Å²) in [6, 6.07) is 6.29. The summed E-state index contributed by atoms with van der Waals surface area (Å²) in [4.78, 5) is 2.22. The zero-order chi connectivity index (χ0) is 15.0. The smallest absolute Gasteiger partial charge is 0.0663 e. The molecule has 114 valence electrons. The normalized spacial score (nSPS) is 12.4. The minimum absolute atomic E-state index is 0.305. The number of likely N-dealkylation sites (N-methyl/N-ethyl adjacent to an activating group) is 1. The highest BCUT2D eigenvalue weighted by molar-refractivity contribution is 6.30. The van der Waals surface area contributed by atoms with Gasteiger partial charge in [-0.05, 0) is 30.7 Å². The molecule has 0 radical (unpaired) electrons. The summed E-state index contributed by atoms with van der Waals surface area (Å²) < 4.78 is 10.3. The van der Waals surface area contributed by atoms with Crippen LogP contribution in [0, 0.1) is 0 Å². The topological polar surface area (TPSA) is 33.7 Å². The largest absolute Gasteiger partial charge is 0.383 e. The summed E-state index contributed by atoms with van der Waals surface area (Å²) in [6.07, 6.45) is 0. The third-order valence-corrected chi connectivity index (χ3v) is 3.52. The molecule has 0 fully saturated rings. The molecule has 0 amide bonds. The van der Waals surface area contributed by atoms with Gasteiger partial charge in [0.25, 0.3) is 0 Å². The van der Waals surface area contributed by atoms with Crippen LogP contribution in [0.15, 0.2) is 18.2 Å². The Balaban J connectivity index is 2.78. The molecule has 20 heavy (non-hydrogen) atoms. The van der Waals surface area contributed by atoms with E-state index in [0.29, 0.717) is 19.3 Å². The van der Waals surface area contributed by atoms with Gasteiger partial charge in [-0.25, -0.2) is 0 Å². The maximum atomic E-state index is 6.11. The van der Waals surface area contributed by atoms with E-state index in [9.17, 15) is 0 Å². The predicted molar refractivity (Wildman–Crippen MR) is 84.8 cm³/mol. The van der Waals surface area contributed by atoms with Gasteiger partial charge in [-0.3, -0.25) is 0 Å². The summed E-state index contributed by atoms with van der Waals surface area (Å²) in [5.74, 6) is 0. The number of rotatable bonds is 9. The number of halogens is 1. The minimum Gasteiger partial charge on any atom is -0.383 e. The number of ether oxygens (including phenoxy) is 2. The highest BCUT2D eigenvalue weighted by Gasteiger charge is 2.13. The predicted octanol–water partition coefficient (Wildman–Crippen LogP) is 2.55. The van der Waals surface area contributed by atoms with Gasteiger partial charge >= 0.3 is 0 Å². The van der Waals surface area contributed by atoms with Crippen molar-refractivity contribution in [2.24, 2.45) is 0 Å². The van der Waals surface area contributed by atoms with Crippen molar-refractivity contribution in [2.75, 3.05) is 45.9 Å². The van der Waals surface area contributed by atoms with Gasteiger partial charge in [0.05, 0.1) is 13.2 Å². The molecule has 0 saturated heterocycles. The Kier molecular flexibility index (Phi) is 7.92. The van der Waals surface area contributed by atoms with Crippen molar-refractivity contribution in [1.29, 1.82) is 0 Å². The summed E-state index contributed by atoms with van der Waals surface area (Å²) in [5, 5.41) is 4.11. The van der Waals surface area contributed by atoms with Crippen LogP contribution >= 0.6 is 11.6 Å². The van der Waals surface area contributed by atoms with Crippen molar-refractivity contribution in [2.45, 2.75) is 19.5 Å². The second-order valence-electron chi connectivity index (χ2n) is 4.86. The molecule has 0 heterocycles. The molecule has 5 heteroatoms. The van der Waals surface area contributed by atoms with Crippen LogP contribution in [0.5, 0.6) is 0 Å². The van der Waals surface area contributed by atoms with Crippen LogP contribution in [-0.2, 0) is 16.0 Å². The third-order valence-electron chi connectivity index (χ3n) is 3.29. The van der Waals surface area contributed by atoms with E-state index in [2.05, 4.69) is 30.3 Å². The Labute approximate surface area is 127 Å². The van der Waals surface area contributed by atoms with Gasteiger partial charge in [0.1, 0.15) is 0 Å². The maximum absolute atomic E-state index is 6.11. The van der Waals surface area contributed by atoms with Crippen molar-refractivity contribution in [3.8, 4) is 0 Å². The molecule has 1 N–H and O–H groups in total. The van der Waals surface area contributed by atoms with Crippen molar-refractivity contribution >= 4 is 17.3 Å². The van der Waals surface area contributed by atoms with Crippen LogP contribution in [0.3, 0.4) is 0 Å². The maximum Gasteiger partial charge on any atom is 0.0663 e. The first-order valence-electron chi connectivity index (χ1n) is 6.80. The quantitative estimate of drug-likeness (QED) is 0.711. The summed E-state index contributed by atoms with van der Waals surface area (Å²) in [6.45, 7) is 5.12. The van der Waals surface area contributed by atoms with E-state index in [-0.39, 0.29) is 0 Å². The molecular weight excluding hydrogens is 276 g/mol. The number of nitrogens with zero attached hydrogens (tertiary/aromatic N) is 1. The van der Waals surface area contributed by atoms with Crippen molar-refractivity contribution < 1.29 is 9.47 Å². The first kappa shape index (κ1) is 17.2. The van der Waals surface area contributed by atoms with E-state index in [1.807, 2.05) is 12.1 Å². The van der Waals surface area contributed by atoms with Gasteiger partial charge in [0.2, 0.25) is 0 Å². The lowest BCUT2D eigenvalue weighted by Crippen LogP contribution is -2.33. The molecule has 0 spiro atoms. The number of hydrogen-bond acceptors (Lipinski definition) is 4. The van der Waals surface area contributed by atoms with E-state index in [4.69, 9.17) is 21.1 Å². The molecule has 0 aromatic heterocycles. The monoisotopic (exact) mass is 300 g/mol. The number of anilines is 1. The van der Waals surface area contributed by atoms with Crippen LogP contribution in [-0.4, -0.2) is 47.1 Å². The van der Waals surface area contributed by atoms with E-state index < -0.39 is 0 Å². The third kappa shape index (κ3) is 5.29. The second-order valence-corrected chi connectivity index (χ2v) is 5.29. The van der Waals surface area contributed by atoms with Gasteiger partial charge in [-0.1, -0.05) is 11.6 Å². The molecule has 0 aliphatic heterocycles. The standard InChI is InChI=1S/C15H25ClN2O2/c1-12(11-20-4)18(2)15-6-5-14(16)9-13(15)10-17-7-8-19-3/h5-6,9,12,17H,7-8,10-11H2,1-4H3. The van der Waals surface area contributed by atoms with E-state index in [0.717, 1.165) is 18.1 Å². The summed E-state index contributed by atoms with van der Waals surface area (Å²) >= 11 is 6.11. The molecule has 1 unspecified atom stereocenters. The van der Waals surface area contributed by atoms with Gasteiger partial charge in [0, 0.05) is 51.1 Å². The average molecular weight is 301 g/mol. The Morgan fingerprint density at radius 3 is 2.70 bits per heavy atom. The SMILES string of the molecule is COCCNCc1cc(Cl)ccc1N(C)C(C)COC. The molecule has 0 bridgehead atoms. The van der Waals surface area contributed by atoms with Gasteiger partial charge in [0.15, 0.2) is 0 Å². The first-order chi connectivity index (χ1) is 9.60. The molecule has 0 aliphatic rings. The van der Waals surface area contributed by atoms with Crippen LogP contribution in [0.4, 0.5) is 5.69 Å². The average Bonchev–Trinajstić information content (AvgIpc) is 2.43. The molecule has 0 saturated carbocycles. The number of methoxy groups -OCH3 is 2. The van der Waals surface area contributed by atoms with Crippen LogP contribution in [0.2, 0.25) is 5.02 Å². The number of nitrogens with one attached hydrogen (secondary N) is 1. The molecule has 0 aliphatic carbocycles. The highest BCUT2D eigenvalue weighted by atomic mass is 35.5. The van der Waals surface area contributed by atoms with Crippen molar-refractivity contribution in [3.63, 3.8) is 0 Å². The summed E-state index contributed by atoms with van der Waals surface area (Å²) in [7, 11) is 5.50. The van der Waals surface area contributed by atoms with Gasteiger partial charge < -0.3 is 19.7 Å². The minimum atomic E-state index is 0.305. The molecule has 1 atom stereocenters. The molecule has 1 rings (SSSR count).